The van der Waals surface area contributed by atoms with Gasteiger partial charge in [-0.1, -0.05) is 18.2 Å². The summed E-state index contributed by atoms with van der Waals surface area (Å²) in [6.45, 7) is 0. The molecule has 1 aromatic carbocycles. The molecule has 0 amide bonds. The smallest absolute Gasteiger partial charge is 0.130 e. The molecule has 0 fully saturated rings. The van der Waals surface area contributed by atoms with Gasteiger partial charge in [-0.2, -0.15) is 0 Å². The molecule has 0 aromatic heterocycles. The average Bonchev–Trinajstić information content (AvgIpc) is 2.05. The molecule has 0 saturated carbocycles. The minimum Gasteiger partial charge on any atom is -0.465 e. The number of benzene rings is 1. The molecule has 74 valence electrons. The Bertz CT molecular complexity index is 249. The summed E-state index contributed by atoms with van der Waals surface area (Å²) in [7, 11) is 0. The Balaban J connectivity index is 0. The molecule has 0 spiro atoms. The van der Waals surface area contributed by atoms with Gasteiger partial charge in [0.1, 0.15) is 5.75 Å². The van der Waals surface area contributed by atoms with Gasteiger partial charge >= 0.3 is 0 Å². The standard InChI is InChI=1S/C9H8O.2Co.Cr/c1-2-6-9-8(4-1)5-3-7-10-9;;;/h1-4,6-7H,5H2;;;. The van der Waals surface area contributed by atoms with Crippen LogP contribution in [0.25, 0.3) is 0 Å². The maximum atomic E-state index is 5.24. The fraction of sp³-hybridized carbons (Fsp3) is 0.111. The first-order chi connectivity index (χ1) is 4.97. The van der Waals surface area contributed by atoms with Crippen LogP contribution in [0.15, 0.2) is 36.6 Å². The number of para-hydroxylation sites is 1. The van der Waals surface area contributed by atoms with Gasteiger partial charge in [-0.05, 0) is 24.1 Å². The third kappa shape index (κ3) is 3.90. The second-order valence-electron chi connectivity index (χ2n) is 2.30. The van der Waals surface area contributed by atoms with Crippen LogP contribution in [0.3, 0.4) is 0 Å². The summed E-state index contributed by atoms with van der Waals surface area (Å²) in [6.07, 6.45) is 4.75. The molecule has 1 aliphatic heterocycles. The second kappa shape index (κ2) is 7.69. The van der Waals surface area contributed by atoms with Gasteiger partial charge in [0.05, 0.1) is 6.26 Å². The van der Waals surface area contributed by atoms with Crippen molar-refractivity contribution in [1.29, 1.82) is 0 Å². The Morgan fingerprint density at radius 3 is 2.46 bits per heavy atom. The van der Waals surface area contributed by atoms with Crippen molar-refractivity contribution in [2.75, 3.05) is 0 Å². The summed E-state index contributed by atoms with van der Waals surface area (Å²) in [5, 5.41) is 0. The van der Waals surface area contributed by atoms with Gasteiger partial charge in [0, 0.05) is 50.9 Å². The molecular formula is C9H8Co2CrO. The van der Waals surface area contributed by atoms with Crippen LogP contribution >= 0.6 is 0 Å². The number of hydrogen-bond acceptors (Lipinski definition) is 1. The summed E-state index contributed by atoms with van der Waals surface area (Å²) < 4.78 is 5.24. The first kappa shape index (κ1) is 15.8. The summed E-state index contributed by atoms with van der Waals surface area (Å²) in [5.41, 5.74) is 1.27. The largest absolute Gasteiger partial charge is 0.465 e. The molecule has 1 aliphatic rings. The predicted octanol–water partition coefficient (Wildman–Crippen LogP) is 2.13. The quantitative estimate of drug-likeness (QED) is 0.713. The van der Waals surface area contributed by atoms with Gasteiger partial charge in [-0.3, -0.25) is 0 Å². The SMILES string of the molecule is C1=COc2ccccc2C1.[Co].[Co].[Cr]. The van der Waals surface area contributed by atoms with E-state index >= 15 is 0 Å². The van der Waals surface area contributed by atoms with E-state index in [-0.39, 0.29) is 50.9 Å². The van der Waals surface area contributed by atoms with Gasteiger partial charge in [0.25, 0.3) is 0 Å². The first-order valence-electron chi connectivity index (χ1n) is 3.36. The Morgan fingerprint density at radius 2 is 1.77 bits per heavy atom. The maximum absolute atomic E-state index is 5.24. The van der Waals surface area contributed by atoms with E-state index in [1.807, 2.05) is 24.3 Å². The zero-order chi connectivity index (χ0) is 6.81. The van der Waals surface area contributed by atoms with Crippen molar-refractivity contribution in [2.24, 2.45) is 0 Å². The zero-order valence-electron chi connectivity index (χ0n) is 6.65. The Kier molecular flexibility index (Phi) is 9.32. The normalized spacial score (nSPS) is 10.8. The zero-order valence-corrected chi connectivity index (χ0v) is 10.0. The molecule has 0 atom stereocenters. The van der Waals surface area contributed by atoms with E-state index < -0.39 is 0 Å². The molecule has 1 nitrogen and oxygen atoms in total. The van der Waals surface area contributed by atoms with Crippen LogP contribution in [0.2, 0.25) is 0 Å². The van der Waals surface area contributed by atoms with E-state index in [1.54, 1.807) is 6.26 Å². The van der Waals surface area contributed by atoms with E-state index in [9.17, 15) is 0 Å². The molecule has 13 heavy (non-hydrogen) atoms. The Hall–Kier alpha value is 0.305. The molecule has 1 aromatic rings. The molecule has 2 rings (SSSR count). The number of hydrogen-bond donors (Lipinski definition) is 0. The molecule has 1 heterocycles. The van der Waals surface area contributed by atoms with E-state index in [2.05, 4.69) is 6.07 Å². The third-order valence-corrected chi connectivity index (χ3v) is 1.60. The molecule has 0 aliphatic carbocycles. The average molecular weight is 302 g/mol. The predicted molar refractivity (Wildman–Crippen MR) is 39.9 cm³/mol. The fourth-order valence-corrected chi connectivity index (χ4v) is 1.08. The van der Waals surface area contributed by atoms with E-state index in [4.69, 9.17) is 4.74 Å². The molecule has 0 bridgehead atoms. The van der Waals surface area contributed by atoms with Crippen LogP contribution in [0.5, 0.6) is 5.75 Å². The minimum atomic E-state index is 0. The van der Waals surface area contributed by atoms with Crippen LogP contribution in [-0.2, 0) is 57.3 Å². The molecule has 0 unspecified atom stereocenters. The summed E-state index contributed by atoms with van der Waals surface area (Å²) in [5.74, 6) is 0.991. The Labute approximate surface area is 109 Å². The second-order valence-corrected chi connectivity index (χ2v) is 2.30. The van der Waals surface area contributed by atoms with Crippen molar-refractivity contribution in [2.45, 2.75) is 6.42 Å². The monoisotopic (exact) mass is 302 g/mol. The van der Waals surface area contributed by atoms with Crippen molar-refractivity contribution in [3.05, 3.63) is 42.2 Å². The van der Waals surface area contributed by atoms with Gasteiger partial charge in [-0.15, -0.1) is 0 Å². The van der Waals surface area contributed by atoms with Gasteiger partial charge in [0.15, 0.2) is 0 Å². The van der Waals surface area contributed by atoms with E-state index in [0.29, 0.717) is 0 Å². The van der Waals surface area contributed by atoms with Crippen molar-refractivity contribution in [3.63, 3.8) is 0 Å². The maximum Gasteiger partial charge on any atom is 0.130 e. The van der Waals surface area contributed by atoms with Crippen LogP contribution in [-0.4, -0.2) is 0 Å². The summed E-state index contributed by atoms with van der Waals surface area (Å²) in [6, 6.07) is 8.08. The first-order valence-corrected chi connectivity index (χ1v) is 3.36. The molecule has 0 N–H and O–H groups in total. The summed E-state index contributed by atoms with van der Waals surface area (Å²) >= 11 is 0. The molecular weight excluding hydrogens is 294 g/mol. The van der Waals surface area contributed by atoms with Crippen LogP contribution in [0, 0.1) is 0 Å². The van der Waals surface area contributed by atoms with Gasteiger partial charge in [-0.25, -0.2) is 0 Å². The molecule has 4 heteroatoms. The third-order valence-electron chi connectivity index (χ3n) is 1.60. The van der Waals surface area contributed by atoms with Crippen LogP contribution in [0.4, 0.5) is 0 Å². The van der Waals surface area contributed by atoms with E-state index in [1.165, 1.54) is 5.56 Å². The topological polar surface area (TPSA) is 9.23 Å². The molecule has 0 saturated heterocycles. The number of allylic oxidation sites excluding steroid dienone is 1. The van der Waals surface area contributed by atoms with Crippen LogP contribution < -0.4 is 4.74 Å². The minimum absolute atomic E-state index is 0. The van der Waals surface area contributed by atoms with Gasteiger partial charge < -0.3 is 4.74 Å². The van der Waals surface area contributed by atoms with E-state index in [0.717, 1.165) is 12.2 Å². The summed E-state index contributed by atoms with van der Waals surface area (Å²) in [4.78, 5) is 0. The number of rotatable bonds is 0. The van der Waals surface area contributed by atoms with Crippen molar-refractivity contribution >= 4 is 0 Å². The van der Waals surface area contributed by atoms with Crippen LogP contribution in [0.1, 0.15) is 5.56 Å². The number of fused-ring (bicyclic) bond motifs is 1. The number of ether oxygens (including phenoxy) is 1. The fourth-order valence-electron chi connectivity index (χ4n) is 1.08. The van der Waals surface area contributed by atoms with Crippen molar-refractivity contribution in [3.8, 4) is 5.75 Å². The van der Waals surface area contributed by atoms with Crippen molar-refractivity contribution < 1.29 is 55.7 Å². The molecule has 2 radical (unpaired) electrons. The Morgan fingerprint density at radius 1 is 1.08 bits per heavy atom. The van der Waals surface area contributed by atoms with Gasteiger partial charge in [0.2, 0.25) is 0 Å². The van der Waals surface area contributed by atoms with Crippen molar-refractivity contribution in [1.82, 2.24) is 0 Å².